The van der Waals surface area contributed by atoms with Crippen molar-refractivity contribution in [2.24, 2.45) is 0 Å². The summed E-state index contributed by atoms with van der Waals surface area (Å²) in [7, 11) is 0. The number of carbonyl (C=O) groups is 2. The van der Waals surface area contributed by atoms with Gasteiger partial charge in [0.1, 0.15) is 11.6 Å². The molecule has 0 bridgehead atoms. The third kappa shape index (κ3) is 5.02. The van der Waals surface area contributed by atoms with Crippen LogP contribution in [-0.4, -0.2) is 27.0 Å². The lowest BCUT2D eigenvalue weighted by molar-refractivity contribution is -0.132. The Kier molecular flexibility index (Phi) is 7.10. The first-order chi connectivity index (χ1) is 17.8. The van der Waals surface area contributed by atoms with Gasteiger partial charge in [0.05, 0.1) is 11.6 Å². The number of thioether (sulfide) groups is 1. The van der Waals surface area contributed by atoms with Gasteiger partial charge in [-0.1, -0.05) is 82.7 Å². The molecular weight excluding hydrogens is 533 g/mol. The SMILES string of the molecule is Cc1ccc(C2/C(=C(/O)c3ccc(Cl)cc3)C(=O)C(=O)N2c2nnc(SCc3ccccc3F)s2)cc1. The summed E-state index contributed by atoms with van der Waals surface area (Å²) >= 11 is 8.39. The lowest BCUT2D eigenvalue weighted by atomic mass is 9.95. The second kappa shape index (κ2) is 10.5. The molecule has 186 valence electrons. The molecule has 10 heteroatoms. The maximum Gasteiger partial charge on any atom is 0.301 e. The zero-order valence-corrected chi connectivity index (χ0v) is 21.8. The van der Waals surface area contributed by atoms with E-state index in [0.717, 1.165) is 16.9 Å². The van der Waals surface area contributed by atoms with E-state index in [1.165, 1.54) is 22.7 Å². The number of anilines is 1. The fraction of sp³-hybridized carbons (Fsp3) is 0.111. The molecule has 6 nitrogen and oxygen atoms in total. The first-order valence-corrected chi connectivity index (χ1v) is 13.3. The number of ketones is 1. The number of hydrogen-bond acceptors (Lipinski definition) is 7. The highest BCUT2D eigenvalue weighted by atomic mass is 35.5. The number of aromatic nitrogens is 2. The van der Waals surface area contributed by atoms with Gasteiger partial charge in [0.15, 0.2) is 4.34 Å². The Labute approximate surface area is 225 Å². The Morgan fingerprint density at radius 3 is 2.46 bits per heavy atom. The molecule has 1 aliphatic heterocycles. The quantitative estimate of drug-likeness (QED) is 0.0960. The van der Waals surface area contributed by atoms with Gasteiger partial charge in [-0.05, 0) is 48.4 Å². The smallest absolute Gasteiger partial charge is 0.301 e. The summed E-state index contributed by atoms with van der Waals surface area (Å²) in [6, 6.07) is 19.3. The van der Waals surface area contributed by atoms with E-state index in [-0.39, 0.29) is 22.3 Å². The molecule has 4 aromatic rings. The van der Waals surface area contributed by atoms with E-state index in [9.17, 15) is 19.1 Å². The number of carbonyl (C=O) groups excluding carboxylic acids is 2. The van der Waals surface area contributed by atoms with Crippen molar-refractivity contribution < 1.29 is 19.1 Å². The molecule has 0 aliphatic carbocycles. The van der Waals surface area contributed by atoms with Crippen LogP contribution in [0.5, 0.6) is 0 Å². The lowest BCUT2D eigenvalue weighted by Gasteiger charge is -2.22. The zero-order valence-electron chi connectivity index (χ0n) is 19.4. The van der Waals surface area contributed by atoms with Crippen molar-refractivity contribution in [3.05, 3.63) is 111 Å². The molecule has 1 aromatic heterocycles. The van der Waals surface area contributed by atoms with E-state index in [0.29, 0.717) is 31.8 Å². The van der Waals surface area contributed by atoms with Gasteiger partial charge >= 0.3 is 5.91 Å². The fourth-order valence-corrected chi connectivity index (χ4v) is 5.95. The van der Waals surface area contributed by atoms with Crippen LogP contribution in [0.4, 0.5) is 9.52 Å². The van der Waals surface area contributed by atoms with Gasteiger partial charge in [0, 0.05) is 16.3 Å². The Balaban J connectivity index is 1.54. The van der Waals surface area contributed by atoms with Crippen LogP contribution in [0, 0.1) is 12.7 Å². The Morgan fingerprint density at radius 2 is 1.76 bits per heavy atom. The second-order valence-corrected chi connectivity index (χ2v) is 10.9. The van der Waals surface area contributed by atoms with Gasteiger partial charge in [0.25, 0.3) is 5.78 Å². The Morgan fingerprint density at radius 1 is 1.05 bits per heavy atom. The van der Waals surface area contributed by atoms with E-state index in [1.807, 2.05) is 31.2 Å². The van der Waals surface area contributed by atoms with Crippen molar-refractivity contribution in [1.82, 2.24) is 10.2 Å². The van der Waals surface area contributed by atoms with Crippen molar-refractivity contribution in [3.8, 4) is 0 Å². The predicted octanol–water partition coefficient (Wildman–Crippen LogP) is 6.56. The molecule has 5 rings (SSSR count). The van der Waals surface area contributed by atoms with Crippen molar-refractivity contribution in [2.75, 3.05) is 4.90 Å². The van der Waals surface area contributed by atoms with Gasteiger partial charge in [-0.2, -0.15) is 0 Å². The summed E-state index contributed by atoms with van der Waals surface area (Å²) in [5, 5.41) is 20.2. The van der Waals surface area contributed by atoms with E-state index < -0.39 is 17.7 Å². The van der Waals surface area contributed by atoms with Crippen molar-refractivity contribution in [2.45, 2.75) is 23.1 Å². The summed E-state index contributed by atoms with van der Waals surface area (Å²) in [6.45, 7) is 1.93. The number of rotatable bonds is 6. The molecule has 0 spiro atoms. The topological polar surface area (TPSA) is 83.4 Å². The molecule has 0 radical (unpaired) electrons. The number of benzene rings is 3. The minimum atomic E-state index is -0.909. The van der Waals surface area contributed by atoms with Crippen LogP contribution >= 0.6 is 34.7 Å². The standard InChI is InChI=1S/C27H19ClFN3O3S2/c1-15-6-8-16(9-7-15)22-21(23(33)17-10-12-19(28)13-11-17)24(34)25(35)32(22)26-30-31-27(37-26)36-14-18-4-2-3-5-20(18)29/h2-13,22,33H,14H2,1H3/b23-21-. The normalized spacial score (nSPS) is 16.9. The van der Waals surface area contributed by atoms with Gasteiger partial charge in [-0.25, -0.2) is 4.39 Å². The van der Waals surface area contributed by atoms with Crippen LogP contribution in [0.2, 0.25) is 5.02 Å². The number of aryl methyl sites for hydroxylation is 1. The van der Waals surface area contributed by atoms with Gasteiger partial charge in [-0.3, -0.25) is 14.5 Å². The van der Waals surface area contributed by atoms with Crippen molar-refractivity contribution in [3.63, 3.8) is 0 Å². The number of hydrogen-bond donors (Lipinski definition) is 1. The van der Waals surface area contributed by atoms with Crippen molar-refractivity contribution in [1.29, 1.82) is 0 Å². The number of aliphatic hydroxyl groups excluding tert-OH is 1. The van der Waals surface area contributed by atoms with E-state index in [4.69, 9.17) is 11.6 Å². The molecule has 1 fully saturated rings. The largest absolute Gasteiger partial charge is 0.507 e. The highest BCUT2D eigenvalue weighted by Crippen LogP contribution is 2.44. The summed E-state index contributed by atoms with van der Waals surface area (Å²) in [5.74, 6) is -1.93. The number of aliphatic hydroxyl groups is 1. The first kappa shape index (κ1) is 25.1. The lowest BCUT2D eigenvalue weighted by Crippen LogP contribution is -2.29. The van der Waals surface area contributed by atoms with Crippen LogP contribution < -0.4 is 4.90 Å². The highest BCUT2D eigenvalue weighted by molar-refractivity contribution is 8.00. The molecule has 1 aliphatic rings. The number of halogens is 2. The van der Waals surface area contributed by atoms with Crippen LogP contribution in [0.1, 0.15) is 28.3 Å². The summed E-state index contributed by atoms with van der Waals surface area (Å²) in [4.78, 5) is 27.8. The third-order valence-electron chi connectivity index (χ3n) is 5.87. The molecular formula is C27H19ClFN3O3S2. The average Bonchev–Trinajstić information content (AvgIpc) is 3.46. The first-order valence-electron chi connectivity index (χ1n) is 11.2. The average molecular weight is 552 g/mol. The molecule has 1 unspecified atom stereocenters. The predicted molar refractivity (Wildman–Crippen MR) is 143 cm³/mol. The molecule has 1 atom stereocenters. The Hall–Kier alpha value is -3.53. The third-order valence-corrected chi connectivity index (χ3v) is 8.22. The summed E-state index contributed by atoms with van der Waals surface area (Å²) < 4.78 is 14.5. The van der Waals surface area contributed by atoms with E-state index in [1.54, 1.807) is 42.5 Å². The van der Waals surface area contributed by atoms with Gasteiger partial charge in [-0.15, -0.1) is 10.2 Å². The summed E-state index contributed by atoms with van der Waals surface area (Å²) in [5.41, 5.74) is 2.47. The van der Waals surface area contributed by atoms with E-state index in [2.05, 4.69) is 10.2 Å². The van der Waals surface area contributed by atoms with Crippen LogP contribution in [-0.2, 0) is 15.3 Å². The van der Waals surface area contributed by atoms with Crippen LogP contribution in [0.15, 0.2) is 82.7 Å². The van der Waals surface area contributed by atoms with Gasteiger partial charge in [0.2, 0.25) is 5.13 Å². The molecule has 1 saturated heterocycles. The number of amides is 1. The molecule has 1 N–H and O–H groups in total. The van der Waals surface area contributed by atoms with E-state index >= 15 is 0 Å². The molecule has 1 amide bonds. The Bertz CT molecular complexity index is 1520. The zero-order chi connectivity index (χ0) is 26.1. The summed E-state index contributed by atoms with van der Waals surface area (Å²) in [6.07, 6.45) is 0. The van der Waals surface area contributed by atoms with Crippen molar-refractivity contribution >= 4 is 57.3 Å². The van der Waals surface area contributed by atoms with Crippen LogP contribution in [0.3, 0.4) is 0 Å². The monoisotopic (exact) mass is 551 g/mol. The molecule has 3 aromatic carbocycles. The minimum Gasteiger partial charge on any atom is -0.507 e. The maximum atomic E-state index is 14.0. The molecule has 0 saturated carbocycles. The maximum absolute atomic E-state index is 14.0. The number of Topliss-reactive ketones (excluding diaryl/α,β-unsaturated/α-hetero) is 1. The minimum absolute atomic E-state index is 0.0491. The second-order valence-electron chi connectivity index (χ2n) is 8.32. The highest BCUT2D eigenvalue weighted by Gasteiger charge is 2.48. The van der Waals surface area contributed by atoms with Gasteiger partial charge < -0.3 is 5.11 Å². The number of nitrogens with zero attached hydrogens (tertiary/aromatic N) is 3. The fourth-order valence-electron chi connectivity index (χ4n) is 3.97. The molecule has 2 heterocycles. The van der Waals surface area contributed by atoms with Crippen LogP contribution in [0.25, 0.3) is 5.76 Å². The molecule has 37 heavy (non-hydrogen) atoms.